The monoisotopic (exact) mass is 258 g/mol. The molecule has 1 aliphatic rings. The quantitative estimate of drug-likeness (QED) is 0.886. The van der Waals surface area contributed by atoms with Gasteiger partial charge in [-0.05, 0) is 25.0 Å². The average Bonchev–Trinajstić information content (AvgIpc) is 2.23. The maximum atomic E-state index is 12.6. The summed E-state index contributed by atoms with van der Waals surface area (Å²) < 4.78 is 37.9. The number of hydrogen-bond donors (Lipinski definition) is 1. The molecule has 1 aliphatic carbocycles. The fourth-order valence-corrected chi connectivity index (χ4v) is 2.22. The zero-order valence-corrected chi connectivity index (χ0v) is 9.84. The van der Waals surface area contributed by atoms with Gasteiger partial charge >= 0.3 is 6.18 Å². The van der Waals surface area contributed by atoms with E-state index in [1.165, 1.54) is 0 Å². The summed E-state index contributed by atoms with van der Waals surface area (Å²) in [5.74, 6) is -0.737. The fraction of sp³-hybridized carbons (Fsp3) is 0.500. The number of halogens is 3. The summed E-state index contributed by atoms with van der Waals surface area (Å²) in [5.41, 5.74) is 4.01. The molecule has 1 heterocycles. The number of pyridine rings is 1. The van der Waals surface area contributed by atoms with Crippen LogP contribution in [0.25, 0.3) is 0 Å². The first-order chi connectivity index (χ1) is 8.24. The minimum Gasteiger partial charge on any atom is -0.366 e. The third-order valence-electron chi connectivity index (χ3n) is 3.48. The second-order valence-corrected chi connectivity index (χ2v) is 4.87. The largest absolute Gasteiger partial charge is 0.433 e. The molecule has 0 radical (unpaired) electrons. The molecule has 1 aromatic rings. The fourth-order valence-electron chi connectivity index (χ4n) is 2.22. The van der Waals surface area contributed by atoms with Gasteiger partial charge in [-0.25, -0.2) is 4.98 Å². The summed E-state index contributed by atoms with van der Waals surface area (Å²) in [5, 5.41) is 0. The third-order valence-corrected chi connectivity index (χ3v) is 3.48. The van der Waals surface area contributed by atoms with E-state index in [4.69, 9.17) is 5.73 Å². The van der Waals surface area contributed by atoms with Crippen molar-refractivity contribution in [2.45, 2.75) is 37.8 Å². The van der Waals surface area contributed by atoms with Crippen molar-refractivity contribution in [3.8, 4) is 0 Å². The second kappa shape index (κ2) is 3.96. The highest BCUT2D eigenvalue weighted by atomic mass is 19.4. The summed E-state index contributed by atoms with van der Waals surface area (Å²) in [4.78, 5) is 14.9. The number of aromatic nitrogens is 1. The zero-order chi connectivity index (χ0) is 13.6. The molecule has 0 saturated heterocycles. The number of nitrogens with two attached hydrogens (primary N) is 1. The van der Waals surface area contributed by atoms with E-state index in [9.17, 15) is 18.0 Å². The van der Waals surface area contributed by atoms with Gasteiger partial charge in [0.15, 0.2) is 0 Å². The van der Waals surface area contributed by atoms with Gasteiger partial charge in [-0.1, -0.05) is 13.3 Å². The number of carbonyl (C=O) groups is 1. The molecular formula is C12H13F3N2O. The number of alkyl halides is 3. The summed E-state index contributed by atoms with van der Waals surface area (Å²) in [6, 6.07) is 1.92. The SMILES string of the molecule is CC1(c2nc(C(F)(F)F)ccc2C(N)=O)CCC1. The van der Waals surface area contributed by atoms with Gasteiger partial charge in [0.1, 0.15) is 5.69 Å². The maximum Gasteiger partial charge on any atom is 0.433 e. The molecule has 0 unspecified atom stereocenters. The molecule has 18 heavy (non-hydrogen) atoms. The summed E-state index contributed by atoms with van der Waals surface area (Å²) in [7, 11) is 0. The Hall–Kier alpha value is -1.59. The molecule has 0 aliphatic heterocycles. The Kier molecular flexibility index (Phi) is 2.83. The van der Waals surface area contributed by atoms with Gasteiger partial charge in [0.2, 0.25) is 0 Å². The highest BCUT2D eigenvalue weighted by molar-refractivity contribution is 5.94. The number of nitrogens with zero attached hydrogens (tertiary/aromatic N) is 1. The maximum absolute atomic E-state index is 12.6. The first kappa shape index (κ1) is 12.9. The standard InChI is InChI=1S/C12H13F3N2O/c1-11(5-2-6-11)9-7(10(16)18)3-4-8(17-9)12(13,14)15/h3-4H,2,5-6H2,1H3,(H2,16,18). The van der Waals surface area contributed by atoms with Crippen LogP contribution < -0.4 is 5.73 Å². The van der Waals surface area contributed by atoms with Crippen molar-refractivity contribution in [3.05, 3.63) is 29.1 Å². The Morgan fingerprint density at radius 1 is 1.39 bits per heavy atom. The van der Waals surface area contributed by atoms with Crippen LogP contribution >= 0.6 is 0 Å². The van der Waals surface area contributed by atoms with Crippen molar-refractivity contribution >= 4 is 5.91 Å². The third kappa shape index (κ3) is 2.07. The Balaban J connectivity index is 2.55. The van der Waals surface area contributed by atoms with Gasteiger partial charge in [0.25, 0.3) is 5.91 Å². The van der Waals surface area contributed by atoms with E-state index in [0.29, 0.717) is 0 Å². The van der Waals surface area contributed by atoms with Gasteiger partial charge in [0, 0.05) is 5.41 Å². The molecule has 1 fully saturated rings. The van der Waals surface area contributed by atoms with E-state index in [1.54, 1.807) is 0 Å². The molecule has 2 N–H and O–H groups in total. The molecule has 0 atom stereocenters. The molecule has 0 spiro atoms. The Labute approximate surface area is 102 Å². The Bertz CT molecular complexity index is 493. The highest BCUT2D eigenvalue weighted by Gasteiger charge is 2.40. The Morgan fingerprint density at radius 2 is 2.00 bits per heavy atom. The molecule has 98 valence electrons. The number of amides is 1. The lowest BCUT2D eigenvalue weighted by Crippen LogP contribution is -2.35. The first-order valence-electron chi connectivity index (χ1n) is 5.62. The van der Waals surface area contributed by atoms with Crippen molar-refractivity contribution in [1.82, 2.24) is 4.98 Å². The Morgan fingerprint density at radius 3 is 2.39 bits per heavy atom. The van der Waals surface area contributed by atoms with Crippen molar-refractivity contribution in [1.29, 1.82) is 0 Å². The molecule has 6 heteroatoms. The summed E-state index contributed by atoms with van der Waals surface area (Å²) in [6.45, 7) is 1.81. The van der Waals surface area contributed by atoms with Crippen LogP contribution in [0.1, 0.15) is 47.9 Å². The molecule has 1 amide bonds. The second-order valence-electron chi connectivity index (χ2n) is 4.87. The van der Waals surface area contributed by atoms with Gasteiger partial charge in [0.05, 0.1) is 11.3 Å². The number of rotatable bonds is 2. The molecule has 3 nitrogen and oxygen atoms in total. The first-order valence-corrected chi connectivity index (χ1v) is 5.62. The molecule has 2 rings (SSSR count). The summed E-state index contributed by atoms with van der Waals surface area (Å²) >= 11 is 0. The minimum absolute atomic E-state index is 0.0881. The smallest absolute Gasteiger partial charge is 0.366 e. The van der Waals surface area contributed by atoms with Crippen LogP contribution in [0.2, 0.25) is 0 Å². The van der Waals surface area contributed by atoms with E-state index in [-0.39, 0.29) is 11.3 Å². The molecule has 1 saturated carbocycles. The molecule has 1 aromatic heterocycles. The van der Waals surface area contributed by atoms with E-state index in [0.717, 1.165) is 31.4 Å². The lowest BCUT2D eigenvalue weighted by atomic mass is 9.67. The van der Waals surface area contributed by atoms with Crippen molar-refractivity contribution in [2.75, 3.05) is 0 Å². The van der Waals surface area contributed by atoms with Gasteiger partial charge < -0.3 is 5.73 Å². The van der Waals surface area contributed by atoms with E-state index in [2.05, 4.69) is 4.98 Å². The molecule has 0 aromatic carbocycles. The topological polar surface area (TPSA) is 56.0 Å². The van der Waals surface area contributed by atoms with Crippen LogP contribution in [0.4, 0.5) is 13.2 Å². The van der Waals surface area contributed by atoms with E-state index >= 15 is 0 Å². The van der Waals surface area contributed by atoms with Crippen LogP contribution in [0, 0.1) is 0 Å². The zero-order valence-electron chi connectivity index (χ0n) is 9.84. The average molecular weight is 258 g/mol. The molecular weight excluding hydrogens is 245 g/mol. The lowest BCUT2D eigenvalue weighted by Gasteiger charge is -2.38. The van der Waals surface area contributed by atoms with Crippen molar-refractivity contribution < 1.29 is 18.0 Å². The van der Waals surface area contributed by atoms with Gasteiger partial charge in [-0.15, -0.1) is 0 Å². The van der Waals surface area contributed by atoms with Crippen LogP contribution in [-0.2, 0) is 11.6 Å². The number of carbonyl (C=O) groups excluding carboxylic acids is 1. The van der Waals surface area contributed by atoms with E-state index < -0.39 is 23.2 Å². The van der Waals surface area contributed by atoms with Crippen molar-refractivity contribution in [3.63, 3.8) is 0 Å². The predicted octanol–water partition coefficient (Wildman–Crippen LogP) is 2.64. The van der Waals surface area contributed by atoms with E-state index in [1.807, 2.05) is 6.92 Å². The van der Waals surface area contributed by atoms with Gasteiger partial charge in [-0.2, -0.15) is 13.2 Å². The van der Waals surface area contributed by atoms with Crippen LogP contribution in [0.5, 0.6) is 0 Å². The number of primary amides is 1. The lowest BCUT2D eigenvalue weighted by molar-refractivity contribution is -0.141. The number of hydrogen-bond acceptors (Lipinski definition) is 2. The minimum atomic E-state index is -4.51. The van der Waals surface area contributed by atoms with Crippen LogP contribution in [-0.4, -0.2) is 10.9 Å². The predicted molar refractivity (Wildman–Crippen MR) is 59.0 cm³/mol. The summed E-state index contributed by atoms with van der Waals surface area (Å²) in [6.07, 6.45) is -2.14. The highest BCUT2D eigenvalue weighted by Crippen LogP contribution is 2.44. The van der Waals surface area contributed by atoms with Crippen molar-refractivity contribution in [2.24, 2.45) is 5.73 Å². The molecule has 0 bridgehead atoms. The normalized spacial score (nSPS) is 18.2. The van der Waals surface area contributed by atoms with Crippen LogP contribution in [0.3, 0.4) is 0 Å². The van der Waals surface area contributed by atoms with Crippen LogP contribution in [0.15, 0.2) is 12.1 Å². The van der Waals surface area contributed by atoms with Gasteiger partial charge in [-0.3, -0.25) is 4.79 Å².